The number of alkyl halides is 2. The third-order valence-corrected chi connectivity index (χ3v) is 3.91. The van der Waals surface area contributed by atoms with Gasteiger partial charge in [-0.25, -0.2) is 22.4 Å². The van der Waals surface area contributed by atoms with Gasteiger partial charge in [-0.3, -0.25) is 0 Å². The Hall–Kier alpha value is -3.43. The van der Waals surface area contributed by atoms with Crippen LogP contribution in [0.4, 0.5) is 26.3 Å². The number of halogens is 6. The summed E-state index contributed by atoms with van der Waals surface area (Å²) in [6, 6.07) is 5.34. The van der Waals surface area contributed by atoms with Crippen LogP contribution in [0.1, 0.15) is 17.3 Å². The molecule has 0 unspecified atom stereocenters. The normalized spacial score (nSPS) is 11.1. The highest BCUT2D eigenvalue weighted by molar-refractivity contribution is 5.93. The highest BCUT2D eigenvalue weighted by Crippen LogP contribution is 2.33. The van der Waals surface area contributed by atoms with E-state index in [-0.39, 0.29) is 28.9 Å². The van der Waals surface area contributed by atoms with Crippen molar-refractivity contribution in [3.05, 3.63) is 65.2 Å². The number of carbonyl (C=O) groups is 1. The molecule has 0 atom stereocenters. The summed E-state index contributed by atoms with van der Waals surface area (Å²) in [4.78, 5) is 12.2. The second kappa shape index (κ2) is 8.52. The fourth-order valence-corrected chi connectivity index (χ4v) is 2.70. The minimum absolute atomic E-state index is 0.123. The summed E-state index contributed by atoms with van der Waals surface area (Å²) in [6.45, 7) is -1.69. The lowest BCUT2D eigenvalue weighted by molar-refractivity contribution is -0.0544. The first-order valence-electron chi connectivity index (χ1n) is 8.41. The Morgan fingerprint density at radius 2 is 1.60 bits per heavy atom. The quantitative estimate of drug-likeness (QED) is 0.290. The molecule has 0 saturated heterocycles. The summed E-state index contributed by atoms with van der Waals surface area (Å²) < 4.78 is 94.6. The van der Waals surface area contributed by atoms with Gasteiger partial charge in [-0.05, 0) is 36.6 Å². The third-order valence-electron chi connectivity index (χ3n) is 3.91. The molecule has 0 fully saturated rings. The van der Waals surface area contributed by atoms with Crippen LogP contribution in [-0.4, -0.2) is 19.2 Å². The number of rotatable bonds is 6. The van der Waals surface area contributed by atoms with E-state index in [1.165, 1.54) is 0 Å². The van der Waals surface area contributed by atoms with E-state index in [9.17, 15) is 31.1 Å². The van der Waals surface area contributed by atoms with E-state index >= 15 is 0 Å². The fraction of sp³-hybridized carbons (Fsp3) is 0.150. The van der Waals surface area contributed by atoms with Crippen LogP contribution in [0.25, 0.3) is 10.8 Å². The molecule has 3 rings (SSSR count). The van der Waals surface area contributed by atoms with Gasteiger partial charge in [-0.15, -0.1) is 0 Å². The third kappa shape index (κ3) is 4.27. The Balaban J connectivity index is 1.92. The SMILES string of the molecule is CCOc1cc(F)c(C(=O)Oc2ccc3c(F)c(OC(F)F)c(F)cc3c2)c(F)c1. The molecule has 0 aromatic heterocycles. The molecular formula is C20H12F6O4. The molecule has 0 heterocycles. The number of carbonyl (C=O) groups excluding carboxylic acids is 1. The van der Waals surface area contributed by atoms with Crippen molar-refractivity contribution in [3.63, 3.8) is 0 Å². The Labute approximate surface area is 165 Å². The van der Waals surface area contributed by atoms with Crippen LogP contribution in [0.5, 0.6) is 17.2 Å². The van der Waals surface area contributed by atoms with Gasteiger partial charge in [-0.2, -0.15) is 8.78 Å². The van der Waals surface area contributed by atoms with E-state index in [1.54, 1.807) is 6.92 Å². The summed E-state index contributed by atoms with van der Waals surface area (Å²) in [7, 11) is 0. The van der Waals surface area contributed by atoms with Crippen LogP contribution in [0.3, 0.4) is 0 Å². The molecule has 0 N–H and O–H groups in total. The van der Waals surface area contributed by atoms with Crippen LogP contribution in [-0.2, 0) is 0 Å². The van der Waals surface area contributed by atoms with E-state index in [2.05, 4.69) is 4.74 Å². The van der Waals surface area contributed by atoms with Crippen molar-refractivity contribution >= 4 is 16.7 Å². The predicted octanol–water partition coefficient (Wildman–Crippen LogP) is 5.62. The number of esters is 1. The van der Waals surface area contributed by atoms with Gasteiger partial charge in [0, 0.05) is 17.5 Å². The molecule has 10 heteroatoms. The monoisotopic (exact) mass is 430 g/mol. The van der Waals surface area contributed by atoms with E-state index in [0.29, 0.717) is 6.07 Å². The highest BCUT2D eigenvalue weighted by Gasteiger charge is 2.23. The highest BCUT2D eigenvalue weighted by atomic mass is 19.3. The summed E-state index contributed by atoms with van der Waals surface area (Å²) in [5.41, 5.74) is -0.989. The lowest BCUT2D eigenvalue weighted by Crippen LogP contribution is -2.13. The molecule has 0 aliphatic rings. The zero-order valence-corrected chi connectivity index (χ0v) is 15.1. The van der Waals surface area contributed by atoms with Crippen molar-refractivity contribution < 1.29 is 45.3 Å². The van der Waals surface area contributed by atoms with Crippen LogP contribution >= 0.6 is 0 Å². The lowest BCUT2D eigenvalue weighted by Gasteiger charge is -2.11. The van der Waals surface area contributed by atoms with Crippen molar-refractivity contribution in [2.45, 2.75) is 13.5 Å². The summed E-state index contributed by atoms with van der Waals surface area (Å²) in [6.07, 6.45) is 0. The first-order valence-corrected chi connectivity index (χ1v) is 8.41. The number of fused-ring (bicyclic) bond motifs is 1. The lowest BCUT2D eigenvalue weighted by atomic mass is 10.1. The molecule has 0 spiro atoms. The molecular weight excluding hydrogens is 418 g/mol. The number of hydrogen-bond donors (Lipinski definition) is 0. The van der Waals surface area contributed by atoms with Crippen LogP contribution in [0, 0.1) is 23.3 Å². The average Bonchev–Trinajstić information content (AvgIpc) is 2.64. The van der Waals surface area contributed by atoms with Gasteiger partial charge < -0.3 is 14.2 Å². The van der Waals surface area contributed by atoms with Gasteiger partial charge in [0.1, 0.15) is 28.7 Å². The van der Waals surface area contributed by atoms with Crippen LogP contribution in [0.15, 0.2) is 36.4 Å². The van der Waals surface area contributed by atoms with Gasteiger partial charge in [0.25, 0.3) is 0 Å². The van der Waals surface area contributed by atoms with Crippen molar-refractivity contribution in [1.82, 2.24) is 0 Å². The Morgan fingerprint density at radius 1 is 0.933 bits per heavy atom. The van der Waals surface area contributed by atoms with E-state index < -0.39 is 47.2 Å². The zero-order chi connectivity index (χ0) is 22.0. The van der Waals surface area contributed by atoms with Crippen molar-refractivity contribution in [2.75, 3.05) is 6.61 Å². The van der Waals surface area contributed by atoms with E-state index in [1.807, 2.05) is 0 Å². The molecule has 158 valence electrons. The smallest absolute Gasteiger partial charge is 0.387 e. The molecule has 30 heavy (non-hydrogen) atoms. The minimum Gasteiger partial charge on any atom is -0.494 e. The van der Waals surface area contributed by atoms with Gasteiger partial charge >= 0.3 is 12.6 Å². The Kier molecular flexibility index (Phi) is 6.04. The van der Waals surface area contributed by atoms with Crippen molar-refractivity contribution in [3.8, 4) is 17.2 Å². The van der Waals surface area contributed by atoms with Crippen LogP contribution < -0.4 is 14.2 Å². The maximum Gasteiger partial charge on any atom is 0.387 e. The molecule has 0 saturated carbocycles. The van der Waals surface area contributed by atoms with Crippen molar-refractivity contribution in [2.24, 2.45) is 0 Å². The van der Waals surface area contributed by atoms with Gasteiger partial charge in [0.15, 0.2) is 17.4 Å². The van der Waals surface area contributed by atoms with E-state index in [4.69, 9.17) is 9.47 Å². The fourth-order valence-electron chi connectivity index (χ4n) is 2.70. The minimum atomic E-state index is -3.44. The number of hydrogen-bond acceptors (Lipinski definition) is 4. The van der Waals surface area contributed by atoms with Crippen molar-refractivity contribution in [1.29, 1.82) is 0 Å². The molecule has 3 aromatic rings. The average molecular weight is 430 g/mol. The summed E-state index contributed by atoms with van der Waals surface area (Å²) in [5.74, 6) is -8.32. The topological polar surface area (TPSA) is 44.8 Å². The molecule has 0 aliphatic heterocycles. The molecule has 3 aromatic carbocycles. The number of benzene rings is 3. The first-order chi connectivity index (χ1) is 14.2. The van der Waals surface area contributed by atoms with Gasteiger partial charge in [0.05, 0.1) is 6.61 Å². The Morgan fingerprint density at radius 3 is 2.20 bits per heavy atom. The van der Waals surface area contributed by atoms with Crippen LogP contribution in [0.2, 0.25) is 0 Å². The first kappa shape index (κ1) is 21.3. The molecule has 0 amide bonds. The molecule has 0 aliphatic carbocycles. The predicted molar refractivity (Wildman–Crippen MR) is 93.0 cm³/mol. The second-order valence-electron chi connectivity index (χ2n) is 5.85. The number of ether oxygens (including phenoxy) is 3. The zero-order valence-electron chi connectivity index (χ0n) is 15.1. The molecule has 0 bridgehead atoms. The van der Waals surface area contributed by atoms with Gasteiger partial charge in [0.2, 0.25) is 0 Å². The molecule has 0 radical (unpaired) electrons. The van der Waals surface area contributed by atoms with E-state index in [0.717, 1.165) is 30.3 Å². The Bertz CT molecular complexity index is 1090. The molecule has 4 nitrogen and oxygen atoms in total. The second-order valence-corrected chi connectivity index (χ2v) is 5.85. The largest absolute Gasteiger partial charge is 0.494 e. The summed E-state index contributed by atoms with van der Waals surface area (Å²) in [5, 5.41) is -0.463. The summed E-state index contributed by atoms with van der Waals surface area (Å²) >= 11 is 0. The maximum absolute atomic E-state index is 14.2. The maximum atomic E-state index is 14.2. The van der Waals surface area contributed by atoms with Gasteiger partial charge in [-0.1, -0.05) is 0 Å². The standard InChI is InChI=1S/C20H12F6O4/c1-2-28-11-7-13(21)16(14(22)8-11)19(27)29-10-3-4-12-9(5-10)6-15(23)18(17(12)24)30-20(25)26/h3-8,20H,2H2,1H3.